The van der Waals surface area contributed by atoms with E-state index in [0.29, 0.717) is 23.3 Å². The van der Waals surface area contributed by atoms with Crippen molar-refractivity contribution in [3.8, 4) is 0 Å². The third kappa shape index (κ3) is 3.67. The lowest BCUT2D eigenvalue weighted by molar-refractivity contribution is -0.106. The molecule has 1 aromatic carbocycles. The van der Waals surface area contributed by atoms with Crippen molar-refractivity contribution in [2.24, 2.45) is 0 Å². The van der Waals surface area contributed by atoms with Gasteiger partial charge >= 0.3 is 0 Å². The van der Waals surface area contributed by atoms with Gasteiger partial charge in [0.1, 0.15) is 0 Å². The van der Waals surface area contributed by atoms with Gasteiger partial charge < -0.3 is 4.74 Å². The van der Waals surface area contributed by atoms with Crippen molar-refractivity contribution in [2.75, 3.05) is 18.4 Å². The third-order valence-electron chi connectivity index (χ3n) is 3.74. The van der Waals surface area contributed by atoms with Gasteiger partial charge in [-0.15, -0.1) is 0 Å². The Kier molecular flexibility index (Phi) is 4.83. The predicted molar refractivity (Wildman–Crippen MR) is 87.4 cm³/mol. The summed E-state index contributed by atoms with van der Waals surface area (Å²) in [7, 11) is -3.48. The zero-order valence-corrected chi connectivity index (χ0v) is 15.3. The van der Waals surface area contributed by atoms with Crippen molar-refractivity contribution >= 4 is 26.0 Å². The van der Waals surface area contributed by atoms with E-state index in [1.165, 1.54) is 4.31 Å². The van der Waals surface area contributed by atoms with E-state index in [1.54, 1.807) is 12.1 Å². The standard InChI is InChI=1S/C15H22BrNO3S/c1-11-5-6-14(7-12(11)2)21(18,19)17-9-13(8-16)20-15(3,4)10-17/h5-7,13H,8-10H2,1-4H3. The van der Waals surface area contributed by atoms with Crippen molar-refractivity contribution in [3.63, 3.8) is 0 Å². The highest BCUT2D eigenvalue weighted by atomic mass is 79.9. The molecule has 2 rings (SSSR count). The molecule has 0 bridgehead atoms. The first-order chi connectivity index (χ1) is 9.65. The lowest BCUT2D eigenvalue weighted by atomic mass is 10.1. The van der Waals surface area contributed by atoms with E-state index in [4.69, 9.17) is 4.74 Å². The molecule has 0 spiro atoms. The molecule has 0 saturated carbocycles. The lowest BCUT2D eigenvalue weighted by Crippen LogP contribution is -2.54. The van der Waals surface area contributed by atoms with Crippen molar-refractivity contribution < 1.29 is 13.2 Å². The minimum absolute atomic E-state index is 0.130. The van der Waals surface area contributed by atoms with Crippen molar-refractivity contribution in [1.82, 2.24) is 4.31 Å². The molecule has 0 radical (unpaired) electrons. The molecule has 1 fully saturated rings. The topological polar surface area (TPSA) is 46.6 Å². The second kappa shape index (κ2) is 5.99. The van der Waals surface area contributed by atoms with E-state index in [9.17, 15) is 8.42 Å². The first-order valence-electron chi connectivity index (χ1n) is 6.97. The Bertz CT molecular complexity index is 628. The number of rotatable bonds is 3. The summed E-state index contributed by atoms with van der Waals surface area (Å²) < 4.78 is 33.1. The van der Waals surface area contributed by atoms with Crippen molar-refractivity contribution in [3.05, 3.63) is 29.3 Å². The Morgan fingerprint density at radius 3 is 2.57 bits per heavy atom. The highest BCUT2D eigenvalue weighted by Crippen LogP contribution is 2.27. The molecule has 6 heteroatoms. The summed E-state index contributed by atoms with van der Waals surface area (Å²) in [4.78, 5) is 0.358. The third-order valence-corrected chi connectivity index (χ3v) is 6.27. The minimum atomic E-state index is -3.48. The number of hydrogen-bond acceptors (Lipinski definition) is 3. The maximum Gasteiger partial charge on any atom is 0.243 e. The molecular formula is C15H22BrNO3S. The van der Waals surface area contributed by atoms with E-state index < -0.39 is 15.6 Å². The maximum absolute atomic E-state index is 12.9. The summed E-state index contributed by atoms with van der Waals surface area (Å²) in [6.07, 6.45) is -0.130. The van der Waals surface area contributed by atoms with Crippen LogP contribution in [0.15, 0.2) is 23.1 Å². The van der Waals surface area contributed by atoms with Crippen LogP contribution in [0.4, 0.5) is 0 Å². The molecule has 1 aromatic rings. The van der Waals surface area contributed by atoms with Crippen LogP contribution in [-0.2, 0) is 14.8 Å². The van der Waals surface area contributed by atoms with E-state index in [2.05, 4.69) is 15.9 Å². The number of alkyl halides is 1. The maximum atomic E-state index is 12.9. The van der Waals surface area contributed by atoms with Gasteiger partial charge in [0.25, 0.3) is 0 Å². The number of sulfonamides is 1. The van der Waals surface area contributed by atoms with Crippen molar-refractivity contribution in [1.29, 1.82) is 0 Å². The normalized spacial score (nSPS) is 23.2. The largest absolute Gasteiger partial charge is 0.369 e. The summed E-state index contributed by atoms with van der Waals surface area (Å²) in [5, 5.41) is 0.620. The summed E-state index contributed by atoms with van der Waals surface area (Å²) in [6.45, 7) is 8.49. The van der Waals surface area contributed by atoms with Crippen LogP contribution in [0.25, 0.3) is 0 Å². The Balaban J connectivity index is 2.36. The number of aryl methyl sites for hydroxylation is 2. The second-order valence-electron chi connectivity index (χ2n) is 6.20. The van der Waals surface area contributed by atoms with E-state index in [-0.39, 0.29) is 6.10 Å². The molecule has 1 heterocycles. The number of ether oxygens (including phenoxy) is 1. The number of hydrogen-bond donors (Lipinski definition) is 0. The Morgan fingerprint density at radius 1 is 1.33 bits per heavy atom. The number of morpholine rings is 1. The molecule has 1 aliphatic heterocycles. The quantitative estimate of drug-likeness (QED) is 0.763. The van der Waals surface area contributed by atoms with Crippen molar-refractivity contribution in [2.45, 2.75) is 44.3 Å². The smallest absolute Gasteiger partial charge is 0.243 e. The first kappa shape index (κ1) is 16.9. The van der Waals surface area contributed by atoms with Gasteiger partial charge in [-0.2, -0.15) is 4.31 Å². The molecule has 1 aliphatic rings. The zero-order valence-electron chi connectivity index (χ0n) is 12.9. The summed E-state index contributed by atoms with van der Waals surface area (Å²) in [6, 6.07) is 5.29. The van der Waals surface area contributed by atoms with Crippen LogP contribution < -0.4 is 0 Å². The predicted octanol–water partition coefficient (Wildman–Crippen LogP) is 2.87. The van der Waals surface area contributed by atoms with E-state index in [0.717, 1.165) is 11.1 Å². The molecule has 0 aromatic heterocycles. The highest BCUT2D eigenvalue weighted by molar-refractivity contribution is 9.09. The fraction of sp³-hybridized carbons (Fsp3) is 0.600. The number of nitrogens with zero attached hydrogens (tertiary/aromatic N) is 1. The molecule has 0 N–H and O–H groups in total. The van der Waals surface area contributed by atoms with Gasteiger partial charge in [-0.1, -0.05) is 22.0 Å². The van der Waals surface area contributed by atoms with Gasteiger partial charge in [0.15, 0.2) is 0 Å². The van der Waals surface area contributed by atoms with Gasteiger partial charge in [-0.25, -0.2) is 8.42 Å². The number of benzene rings is 1. The average Bonchev–Trinajstić information content (AvgIpc) is 2.39. The van der Waals surface area contributed by atoms with Crippen LogP contribution in [0, 0.1) is 13.8 Å². The van der Waals surface area contributed by atoms with Crippen LogP contribution in [-0.4, -0.2) is 42.8 Å². The van der Waals surface area contributed by atoms with Crippen LogP contribution >= 0.6 is 15.9 Å². The molecule has 21 heavy (non-hydrogen) atoms. The fourth-order valence-corrected chi connectivity index (χ4v) is 4.57. The number of halogens is 1. The molecule has 0 amide bonds. The first-order valence-corrected chi connectivity index (χ1v) is 9.53. The van der Waals surface area contributed by atoms with Gasteiger partial charge in [0.05, 0.1) is 16.6 Å². The van der Waals surface area contributed by atoms with Gasteiger partial charge in [0, 0.05) is 18.4 Å². The molecule has 4 nitrogen and oxygen atoms in total. The van der Waals surface area contributed by atoms with Gasteiger partial charge in [-0.05, 0) is 51.0 Å². The molecule has 1 unspecified atom stereocenters. The van der Waals surface area contributed by atoms with Crippen LogP contribution in [0.3, 0.4) is 0 Å². The highest BCUT2D eigenvalue weighted by Gasteiger charge is 2.39. The molecule has 118 valence electrons. The molecule has 1 saturated heterocycles. The Labute approximate surface area is 135 Å². The second-order valence-corrected chi connectivity index (χ2v) is 8.78. The fourth-order valence-electron chi connectivity index (χ4n) is 2.53. The molecule has 0 aliphatic carbocycles. The lowest BCUT2D eigenvalue weighted by Gasteiger charge is -2.41. The monoisotopic (exact) mass is 375 g/mol. The van der Waals surface area contributed by atoms with Crippen LogP contribution in [0.1, 0.15) is 25.0 Å². The Morgan fingerprint density at radius 2 is 2.00 bits per heavy atom. The molecular weight excluding hydrogens is 354 g/mol. The summed E-state index contributed by atoms with van der Waals surface area (Å²) >= 11 is 3.39. The van der Waals surface area contributed by atoms with Crippen LogP contribution in [0.5, 0.6) is 0 Å². The minimum Gasteiger partial charge on any atom is -0.369 e. The Hall–Kier alpha value is -0.430. The zero-order chi connectivity index (χ0) is 15.8. The van der Waals surface area contributed by atoms with Gasteiger partial charge in [0.2, 0.25) is 10.0 Å². The molecule has 1 atom stereocenters. The van der Waals surface area contributed by atoms with E-state index in [1.807, 2.05) is 33.8 Å². The SMILES string of the molecule is Cc1ccc(S(=O)(=O)N2CC(CBr)OC(C)(C)C2)cc1C. The van der Waals surface area contributed by atoms with E-state index >= 15 is 0 Å². The van der Waals surface area contributed by atoms with Crippen LogP contribution in [0.2, 0.25) is 0 Å². The summed E-state index contributed by atoms with van der Waals surface area (Å²) in [5.41, 5.74) is 1.60. The van der Waals surface area contributed by atoms with Gasteiger partial charge in [-0.3, -0.25) is 0 Å². The summed E-state index contributed by atoms with van der Waals surface area (Å²) in [5.74, 6) is 0. The average molecular weight is 376 g/mol.